The summed E-state index contributed by atoms with van der Waals surface area (Å²) in [5, 5.41) is 5.96. The fourth-order valence-corrected chi connectivity index (χ4v) is 2.43. The summed E-state index contributed by atoms with van der Waals surface area (Å²) in [5.41, 5.74) is 2.38. The molecule has 1 heterocycles. The molecule has 0 saturated heterocycles. The number of nitrogens with one attached hydrogen (secondary N) is 2. The van der Waals surface area contributed by atoms with Crippen molar-refractivity contribution < 1.29 is 9.18 Å². The summed E-state index contributed by atoms with van der Waals surface area (Å²) in [6.07, 6.45) is 2.10. The molecule has 1 amide bonds. The molecule has 0 aliphatic carbocycles. The highest BCUT2D eigenvalue weighted by molar-refractivity contribution is 5.92. The van der Waals surface area contributed by atoms with Gasteiger partial charge in [-0.05, 0) is 29.7 Å². The van der Waals surface area contributed by atoms with Crippen molar-refractivity contribution in [3.05, 3.63) is 89.6 Å². The number of nitrogens with zero attached hydrogens (tertiary/aromatic N) is 2. The Bertz CT molecular complexity index is 853. The molecular formula is C20H19FN4O. The number of carbonyl (C=O) groups is 1. The first-order chi connectivity index (χ1) is 12.7. The topological polar surface area (TPSA) is 66.9 Å². The summed E-state index contributed by atoms with van der Waals surface area (Å²) in [7, 11) is 0. The van der Waals surface area contributed by atoms with E-state index in [4.69, 9.17) is 0 Å². The fourth-order valence-electron chi connectivity index (χ4n) is 2.43. The standard InChI is InChI=1S/C20H19FN4O/c21-17-8-6-16(7-9-17)13-23-19-12-18(24-14-25-19)20(26)22-11-10-15-4-2-1-3-5-15/h1-9,12,14H,10-11,13H2,(H,22,26)(H,23,24,25). The molecule has 26 heavy (non-hydrogen) atoms. The Morgan fingerprint density at radius 3 is 2.50 bits per heavy atom. The van der Waals surface area contributed by atoms with Gasteiger partial charge >= 0.3 is 0 Å². The molecule has 2 aromatic carbocycles. The van der Waals surface area contributed by atoms with Crippen molar-refractivity contribution in [3.63, 3.8) is 0 Å². The van der Waals surface area contributed by atoms with Crippen LogP contribution in [0.5, 0.6) is 0 Å². The van der Waals surface area contributed by atoms with Crippen LogP contribution in [0.4, 0.5) is 10.2 Å². The third-order valence-electron chi connectivity index (χ3n) is 3.83. The molecule has 0 unspecified atom stereocenters. The van der Waals surface area contributed by atoms with Crippen molar-refractivity contribution in [1.82, 2.24) is 15.3 Å². The molecule has 0 aliphatic heterocycles. The van der Waals surface area contributed by atoms with Crippen molar-refractivity contribution in [1.29, 1.82) is 0 Å². The van der Waals surface area contributed by atoms with Gasteiger partial charge in [-0.15, -0.1) is 0 Å². The van der Waals surface area contributed by atoms with Gasteiger partial charge in [-0.2, -0.15) is 0 Å². The summed E-state index contributed by atoms with van der Waals surface area (Å²) < 4.78 is 12.9. The highest BCUT2D eigenvalue weighted by Crippen LogP contribution is 2.08. The van der Waals surface area contributed by atoms with Crippen LogP contribution >= 0.6 is 0 Å². The molecule has 0 radical (unpaired) electrons. The second-order valence-corrected chi connectivity index (χ2v) is 5.76. The van der Waals surface area contributed by atoms with E-state index in [1.54, 1.807) is 18.2 Å². The monoisotopic (exact) mass is 350 g/mol. The number of amides is 1. The van der Waals surface area contributed by atoms with E-state index in [0.717, 1.165) is 17.5 Å². The van der Waals surface area contributed by atoms with Crippen molar-refractivity contribution in [3.8, 4) is 0 Å². The molecule has 0 spiro atoms. The molecule has 132 valence electrons. The first kappa shape index (κ1) is 17.5. The van der Waals surface area contributed by atoms with Gasteiger partial charge in [-0.25, -0.2) is 14.4 Å². The van der Waals surface area contributed by atoms with Crippen molar-refractivity contribution in [2.75, 3.05) is 11.9 Å². The Balaban J connectivity index is 1.52. The van der Waals surface area contributed by atoms with E-state index in [2.05, 4.69) is 20.6 Å². The van der Waals surface area contributed by atoms with Crippen molar-refractivity contribution in [2.45, 2.75) is 13.0 Å². The Kier molecular flexibility index (Phi) is 5.88. The average molecular weight is 350 g/mol. The highest BCUT2D eigenvalue weighted by atomic mass is 19.1. The van der Waals surface area contributed by atoms with E-state index >= 15 is 0 Å². The lowest BCUT2D eigenvalue weighted by molar-refractivity contribution is 0.0949. The zero-order valence-electron chi connectivity index (χ0n) is 14.2. The summed E-state index contributed by atoms with van der Waals surface area (Å²) in [4.78, 5) is 20.4. The molecule has 0 atom stereocenters. The lowest BCUT2D eigenvalue weighted by atomic mass is 10.1. The third kappa shape index (κ3) is 5.11. The minimum Gasteiger partial charge on any atom is -0.366 e. The molecule has 0 aliphatic rings. The molecule has 1 aromatic heterocycles. The van der Waals surface area contributed by atoms with Gasteiger partial charge in [0.15, 0.2) is 0 Å². The number of hydrogen-bond donors (Lipinski definition) is 2. The zero-order chi connectivity index (χ0) is 18.2. The van der Waals surface area contributed by atoms with Gasteiger partial charge in [0.2, 0.25) is 0 Å². The average Bonchev–Trinajstić information content (AvgIpc) is 2.68. The second kappa shape index (κ2) is 8.71. The summed E-state index contributed by atoms with van der Waals surface area (Å²) in [5.74, 6) is 0.0240. The zero-order valence-corrected chi connectivity index (χ0v) is 14.2. The Hall–Kier alpha value is -3.28. The maximum atomic E-state index is 12.9. The van der Waals surface area contributed by atoms with E-state index in [1.165, 1.54) is 18.5 Å². The SMILES string of the molecule is O=C(NCCc1ccccc1)c1cc(NCc2ccc(F)cc2)ncn1. The van der Waals surface area contributed by atoms with E-state index in [9.17, 15) is 9.18 Å². The molecule has 3 rings (SSSR count). The summed E-state index contributed by atoms with van der Waals surface area (Å²) in [6, 6.07) is 17.8. The van der Waals surface area contributed by atoms with Gasteiger partial charge in [0.05, 0.1) is 0 Å². The Labute approximate surface area is 151 Å². The normalized spacial score (nSPS) is 10.3. The number of aromatic nitrogens is 2. The number of halogens is 1. The van der Waals surface area contributed by atoms with Crippen LogP contribution in [-0.4, -0.2) is 22.4 Å². The molecule has 5 nitrogen and oxygen atoms in total. The largest absolute Gasteiger partial charge is 0.366 e. The summed E-state index contributed by atoms with van der Waals surface area (Å²) in [6.45, 7) is 1.01. The van der Waals surface area contributed by atoms with Gasteiger partial charge < -0.3 is 10.6 Å². The Morgan fingerprint density at radius 1 is 0.962 bits per heavy atom. The Morgan fingerprint density at radius 2 is 1.73 bits per heavy atom. The number of benzene rings is 2. The molecular weight excluding hydrogens is 331 g/mol. The van der Waals surface area contributed by atoms with Crippen LogP contribution in [0.25, 0.3) is 0 Å². The number of carbonyl (C=O) groups excluding carboxylic acids is 1. The van der Waals surface area contributed by atoms with E-state index in [0.29, 0.717) is 24.6 Å². The van der Waals surface area contributed by atoms with E-state index in [1.807, 2.05) is 30.3 Å². The quantitative estimate of drug-likeness (QED) is 0.687. The first-order valence-electron chi connectivity index (χ1n) is 8.33. The predicted octanol–water partition coefficient (Wildman–Crippen LogP) is 3.20. The van der Waals surface area contributed by atoms with Gasteiger partial charge in [-0.3, -0.25) is 4.79 Å². The van der Waals surface area contributed by atoms with Crippen LogP contribution in [0, 0.1) is 5.82 Å². The number of hydrogen-bond acceptors (Lipinski definition) is 4. The first-order valence-corrected chi connectivity index (χ1v) is 8.33. The van der Waals surface area contributed by atoms with Crippen LogP contribution in [0.1, 0.15) is 21.6 Å². The smallest absolute Gasteiger partial charge is 0.270 e. The van der Waals surface area contributed by atoms with Crippen molar-refractivity contribution in [2.24, 2.45) is 0 Å². The lowest BCUT2D eigenvalue weighted by Crippen LogP contribution is -2.26. The van der Waals surface area contributed by atoms with Gasteiger partial charge in [-0.1, -0.05) is 42.5 Å². The van der Waals surface area contributed by atoms with Gasteiger partial charge in [0.1, 0.15) is 23.7 Å². The van der Waals surface area contributed by atoms with Gasteiger partial charge in [0.25, 0.3) is 5.91 Å². The van der Waals surface area contributed by atoms with Gasteiger partial charge in [0, 0.05) is 19.2 Å². The van der Waals surface area contributed by atoms with Crippen molar-refractivity contribution >= 4 is 11.7 Å². The minimum absolute atomic E-state index is 0.242. The maximum Gasteiger partial charge on any atom is 0.270 e. The second-order valence-electron chi connectivity index (χ2n) is 5.76. The maximum absolute atomic E-state index is 12.9. The van der Waals surface area contributed by atoms with E-state index in [-0.39, 0.29) is 11.7 Å². The molecule has 6 heteroatoms. The lowest BCUT2D eigenvalue weighted by Gasteiger charge is -2.08. The predicted molar refractivity (Wildman–Crippen MR) is 98.2 cm³/mol. The molecule has 0 bridgehead atoms. The van der Waals surface area contributed by atoms with Crippen LogP contribution in [-0.2, 0) is 13.0 Å². The number of rotatable bonds is 7. The van der Waals surface area contributed by atoms with Crippen LogP contribution < -0.4 is 10.6 Å². The minimum atomic E-state index is -0.273. The summed E-state index contributed by atoms with van der Waals surface area (Å²) >= 11 is 0. The van der Waals surface area contributed by atoms with E-state index < -0.39 is 0 Å². The molecule has 0 saturated carbocycles. The molecule has 0 fully saturated rings. The highest BCUT2D eigenvalue weighted by Gasteiger charge is 2.08. The number of anilines is 1. The van der Waals surface area contributed by atoms with Crippen LogP contribution in [0.15, 0.2) is 67.0 Å². The molecule has 2 N–H and O–H groups in total. The third-order valence-corrected chi connectivity index (χ3v) is 3.83. The fraction of sp³-hybridized carbons (Fsp3) is 0.150. The molecule has 3 aromatic rings. The van der Waals surface area contributed by atoms with Crippen LogP contribution in [0.3, 0.4) is 0 Å². The van der Waals surface area contributed by atoms with Crippen LogP contribution in [0.2, 0.25) is 0 Å².